The number of aliphatic hydroxyl groups excluding tert-OH is 1. The average Bonchev–Trinajstić information content (AvgIpc) is 3.66. The van der Waals surface area contributed by atoms with Crippen LogP contribution in [0.5, 0.6) is 0 Å². The summed E-state index contributed by atoms with van der Waals surface area (Å²) in [5.74, 6) is -0.664. The summed E-state index contributed by atoms with van der Waals surface area (Å²) in [6.45, 7) is 11.4. The number of likely N-dealkylation sites (tertiary alicyclic amines) is 1. The first-order chi connectivity index (χ1) is 21.2. The SMILES string of the molecule is CC(C)CN(CC(O)C(Cc1ccccc1)NC(=O)C(NC(=O)CN1CCCC1)C(C)(C)C)S(=O)(=O)c1ccc2ncsc2c1. The number of nitrogens with zero attached hydrogens (tertiary/aromatic N) is 3. The molecule has 0 saturated carbocycles. The van der Waals surface area contributed by atoms with Crippen LogP contribution in [0.15, 0.2) is 58.9 Å². The predicted octanol–water partition coefficient (Wildman–Crippen LogP) is 3.66. The maximum atomic E-state index is 13.9. The minimum atomic E-state index is -3.98. The second-order valence-corrected chi connectivity index (χ2v) is 16.2. The number of nitrogens with one attached hydrogen (secondary N) is 2. The first-order valence-electron chi connectivity index (χ1n) is 15.6. The van der Waals surface area contributed by atoms with Crippen molar-refractivity contribution in [1.29, 1.82) is 0 Å². The molecule has 0 spiro atoms. The number of carbonyl (C=O) groups excluding carboxylic acids is 2. The number of aromatic nitrogens is 1. The van der Waals surface area contributed by atoms with Crippen molar-refractivity contribution < 1.29 is 23.1 Å². The fraction of sp³-hybridized carbons (Fsp3) is 0.545. The van der Waals surface area contributed by atoms with E-state index in [0.717, 1.165) is 41.7 Å². The van der Waals surface area contributed by atoms with Crippen LogP contribution in [0.3, 0.4) is 0 Å². The standard InChI is InChI=1S/C33H47N5O5S2/c1-23(2)19-38(45(42,43)25-13-14-26-29(18-25)44-22-34-26)20-28(39)27(17-24-11-7-6-8-12-24)35-32(41)31(33(3,4)5)36-30(40)21-37-15-9-10-16-37/h6-8,11-14,18,22-23,27-28,31,39H,9-10,15-17,19-21H2,1-5H3,(H,35,41)(H,36,40). The van der Waals surface area contributed by atoms with Gasteiger partial charge in [0.25, 0.3) is 0 Å². The summed E-state index contributed by atoms with van der Waals surface area (Å²) in [7, 11) is -3.98. The highest BCUT2D eigenvalue weighted by Gasteiger charge is 2.37. The number of fused-ring (bicyclic) bond motifs is 1. The van der Waals surface area contributed by atoms with Crippen LogP contribution in [0.2, 0.25) is 0 Å². The van der Waals surface area contributed by atoms with Crippen molar-refractivity contribution in [2.75, 3.05) is 32.7 Å². The summed E-state index contributed by atoms with van der Waals surface area (Å²) in [6, 6.07) is 12.6. The Morgan fingerprint density at radius 3 is 2.38 bits per heavy atom. The average molecular weight is 658 g/mol. The first-order valence-corrected chi connectivity index (χ1v) is 17.9. The van der Waals surface area contributed by atoms with Gasteiger partial charge in [-0.05, 0) is 67.4 Å². The van der Waals surface area contributed by atoms with Crippen LogP contribution in [0.25, 0.3) is 10.2 Å². The van der Waals surface area contributed by atoms with Gasteiger partial charge in [0.1, 0.15) is 6.04 Å². The van der Waals surface area contributed by atoms with Crippen LogP contribution in [-0.2, 0) is 26.0 Å². The highest BCUT2D eigenvalue weighted by molar-refractivity contribution is 7.89. The van der Waals surface area contributed by atoms with E-state index < -0.39 is 39.5 Å². The molecule has 0 aliphatic carbocycles. The Morgan fingerprint density at radius 2 is 1.73 bits per heavy atom. The Bertz CT molecular complexity index is 1530. The molecule has 3 N–H and O–H groups in total. The highest BCUT2D eigenvalue weighted by Crippen LogP contribution is 2.26. The normalized spacial score (nSPS) is 16.6. The molecule has 0 bridgehead atoms. The Balaban J connectivity index is 1.57. The Kier molecular flexibility index (Phi) is 11.8. The van der Waals surface area contributed by atoms with E-state index in [-0.39, 0.29) is 42.8 Å². The summed E-state index contributed by atoms with van der Waals surface area (Å²) < 4.78 is 29.9. The van der Waals surface area contributed by atoms with Crippen molar-refractivity contribution in [3.63, 3.8) is 0 Å². The van der Waals surface area contributed by atoms with Gasteiger partial charge in [0.05, 0.1) is 39.3 Å². The Hall–Kier alpha value is -2.90. The number of amides is 2. The highest BCUT2D eigenvalue weighted by atomic mass is 32.2. The van der Waals surface area contributed by atoms with Gasteiger partial charge in [0.2, 0.25) is 21.8 Å². The molecule has 45 heavy (non-hydrogen) atoms. The summed E-state index contributed by atoms with van der Waals surface area (Å²) in [5, 5.41) is 17.6. The second kappa shape index (κ2) is 15.1. The third-order valence-corrected chi connectivity index (χ3v) is 10.6. The lowest BCUT2D eigenvalue weighted by atomic mass is 9.85. The van der Waals surface area contributed by atoms with Gasteiger partial charge in [0.15, 0.2) is 0 Å². The van der Waals surface area contributed by atoms with Crippen molar-refractivity contribution in [2.45, 2.75) is 77.0 Å². The molecule has 246 valence electrons. The number of carbonyl (C=O) groups is 2. The van der Waals surface area contributed by atoms with Gasteiger partial charge < -0.3 is 15.7 Å². The van der Waals surface area contributed by atoms with Gasteiger partial charge in [-0.2, -0.15) is 4.31 Å². The lowest BCUT2D eigenvalue weighted by Crippen LogP contribution is -2.59. The quantitative estimate of drug-likeness (QED) is 0.241. The Labute approximate surface area is 271 Å². The van der Waals surface area contributed by atoms with Gasteiger partial charge in [-0.1, -0.05) is 65.0 Å². The number of sulfonamides is 1. The van der Waals surface area contributed by atoms with Gasteiger partial charge in [-0.3, -0.25) is 14.5 Å². The number of benzene rings is 2. The molecule has 3 unspecified atom stereocenters. The molecule has 1 aliphatic rings. The lowest BCUT2D eigenvalue weighted by Gasteiger charge is -2.35. The largest absolute Gasteiger partial charge is 0.390 e. The molecule has 3 atom stereocenters. The van der Waals surface area contributed by atoms with E-state index >= 15 is 0 Å². The Morgan fingerprint density at radius 1 is 1.04 bits per heavy atom. The van der Waals surface area contributed by atoms with Crippen LogP contribution in [0, 0.1) is 11.3 Å². The van der Waals surface area contributed by atoms with Crippen molar-refractivity contribution in [3.8, 4) is 0 Å². The lowest BCUT2D eigenvalue weighted by molar-refractivity contribution is -0.133. The minimum Gasteiger partial charge on any atom is -0.390 e. The van der Waals surface area contributed by atoms with E-state index in [9.17, 15) is 23.1 Å². The van der Waals surface area contributed by atoms with E-state index in [1.54, 1.807) is 23.7 Å². The van der Waals surface area contributed by atoms with Crippen molar-refractivity contribution in [1.82, 2.24) is 24.8 Å². The minimum absolute atomic E-state index is 0.0163. The molecule has 1 aliphatic heterocycles. The molecule has 2 amide bonds. The second-order valence-electron chi connectivity index (χ2n) is 13.4. The molecular weight excluding hydrogens is 611 g/mol. The molecule has 4 rings (SSSR count). The molecule has 3 aromatic rings. The van der Waals surface area contributed by atoms with Crippen LogP contribution in [0.4, 0.5) is 0 Å². The summed E-state index contributed by atoms with van der Waals surface area (Å²) in [5.41, 5.74) is 2.66. The molecular formula is C33H47N5O5S2. The number of aliphatic hydroxyl groups is 1. The molecule has 10 nitrogen and oxygen atoms in total. The third-order valence-electron chi connectivity index (χ3n) is 7.99. The maximum Gasteiger partial charge on any atom is 0.243 e. The number of hydrogen-bond donors (Lipinski definition) is 3. The van der Waals surface area contributed by atoms with Crippen molar-refractivity contribution >= 4 is 43.4 Å². The van der Waals surface area contributed by atoms with Gasteiger partial charge in [0, 0.05) is 13.1 Å². The van der Waals surface area contributed by atoms with E-state index in [1.165, 1.54) is 15.6 Å². The van der Waals surface area contributed by atoms with Gasteiger partial charge in [-0.15, -0.1) is 11.3 Å². The molecule has 2 aromatic carbocycles. The van der Waals surface area contributed by atoms with Gasteiger partial charge in [-0.25, -0.2) is 13.4 Å². The van der Waals surface area contributed by atoms with E-state index in [1.807, 2.05) is 65.0 Å². The van der Waals surface area contributed by atoms with Crippen molar-refractivity contribution in [2.24, 2.45) is 11.3 Å². The number of hydrogen-bond acceptors (Lipinski definition) is 8. The molecule has 1 saturated heterocycles. The van der Waals surface area contributed by atoms with Crippen LogP contribution in [-0.4, -0.2) is 90.4 Å². The fourth-order valence-electron chi connectivity index (χ4n) is 5.60. The van der Waals surface area contributed by atoms with Crippen LogP contribution >= 0.6 is 11.3 Å². The smallest absolute Gasteiger partial charge is 0.243 e. The topological polar surface area (TPSA) is 132 Å². The zero-order valence-corrected chi connectivity index (χ0v) is 28.5. The van der Waals surface area contributed by atoms with Crippen molar-refractivity contribution in [3.05, 3.63) is 59.6 Å². The first kappa shape index (κ1) is 35.0. The summed E-state index contributed by atoms with van der Waals surface area (Å²) >= 11 is 1.36. The summed E-state index contributed by atoms with van der Waals surface area (Å²) in [6.07, 6.45) is 1.14. The van der Waals surface area contributed by atoms with Gasteiger partial charge >= 0.3 is 0 Å². The molecule has 12 heteroatoms. The fourth-order valence-corrected chi connectivity index (χ4v) is 8.04. The number of rotatable bonds is 14. The third kappa shape index (κ3) is 9.55. The number of thiazole rings is 1. The van der Waals surface area contributed by atoms with E-state index in [2.05, 4.69) is 20.5 Å². The van der Waals surface area contributed by atoms with Crippen LogP contribution < -0.4 is 10.6 Å². The van der Waals surface area contributed by atoms with E-state index in [4.69, 9.17) is 0 Å². The monoisotopic (exact) mass is 657 g/mol. The molecule has 2 heterocycles. The van der Waals surface area contributed by atoms with E-state index in [0.29, 0.717) is 0 Å². The van der Waals surface area contributed by atoms with Crippen LogP contribution in [0.1, 0.15) is 53.0 Å². The summed E-state index contributed by atoms with van der Waals surface area (Å²) in [4.78, 5) is 33.3. The molecule has 0 radical (unpaired) electrons. The molecule has 1 aromatic heterocycles. The maximum absolute atomic E-state index is 13.9. The predicted molar refractivity (Wildman–Crippen MR) is 178 cm³/mol. The zero-order chi connectivity index (χ0) is 32.8. The zero-order valence-electron chi connectivity index (χ0n) is 26.9. The molecule has 1 fully saturated rings.